The van der Waals surface area contributed by atoms with Gasteiger partial charge >= 0.3 is 5.69 Å². The molecule has 0 aliphatic carbocycles. The molecule has 0 radical (unpaired) electrons. The predicted octanol–water partition coefficient (Wildman–Crippen LogP) is 1.91. The van der Waals surface area contributed by atoms with Crippen LogP contribution in [0.4, 0.5) is 0 Å². The van der Waals surface area contributed by atoms with Gasteiger partial charge in [0.1, 0.15) is 27.7 Å². The molecule has 1 aliphatic rings. The van der Waals surface area contributed by atoms with E-state index in [1.807, 2.05) is 24.3 Å². The van der Waals surface area contributed by atoms with Crippen molar-refractivity contribution in [2.45, 2.75) is 32.0 Å². The van der Waals surface area contributed by atoms with Crippen LogP contribution in [-0.2, 0) is 16.1 Å². The highest BCUT2D eigenvalue weighted by atomic mass is 32.1. The zero-order valence-electron chi connectivity index (χ0n) is 20.4. The number of nitrogens with zero attached hydrogens (tertiary/aromatic N) is 6. The third-order valence-electron chi connectivity index (χ3n) is 6.65. The number of ether oxygens (including phenoxy) is 2. The molecule has 0 bridgehead atoms. The Morgan fingerprint density at radius 1 is 1.14 bits per heavy atom. The van der Waals surface area contributed by atoms with Gasteiger partial charge in [-0.2, -0.15) is 10.2 Å². The molecule has 1 saturated heterocycles. The topological polar surface area (TPSA) is 113 Å². The molecule has 1 aliphatic heterocycles. The highest BCUT2D eigenvalue weighted by Crippen LogP contribution is 2.33. The van der Waals surface area contributed by atoms with Crippen LogP contribution in [0.3, 0.4) is 0 Å². The second-order valence-corrected chi connectivity index (χ2v) is 9.61. The molecule has 3 aromatic heterocycles. The summed E-state index contributed by atoms with van der Waals surface area (Å²) >= 11 is 1.25. The maximum atomic E-state index is 13.9. The van der Waals surface area contributed by atoms with Gasteiger partial charge in [0.05, 0.1) is 31.4 Å². The SMILES string of the molecule is COc1ccccc1[C@H](Cn1c(=O)n([C@@H]2CCN(C)C2=O)c(=O)c2c(C)c(-n3nccn3)sc21)OC. The number of methoxy groups -OCH3 is 2. The number of carbonyl (C=O) groups is 1. The van der Waals surface area contributed by atoms with Gasteiger partial charge in [-0.05, 0) is 19.4 Å². The fraction of sp³-hybridized carbons (Fsp3) is 0.375. The summed E-state index contributed by atoms with van der Waals surface area (Å²) in [4.78, 5) is 44.0. The summed E-state index contributed by atoms with van der Waals surface area (Å²) in [6, 6.07) is 6.56. The van der Waals surface area contributed by atoms with Gasteiger partial charge in [-0.1, -0.05) is 29.5 Å². The number of aromatic nitrogens is 5. The van der Waals surface area contributed by atoms with Crippen LogP contribution in [0.1, 0.15) is 29.7 Å². The number of likely N-dealkylation sites (N-methyl/N-ethyl adjacent to an activating group) is 1. The van der Waals surface area contributed by atoms with Crippen LogP contribution in [0.25, 0.3) is 15.2 Å². The van der Waals surface area contributed by atoms with E-state index in [1.54, 1.807) is 40.6 Å². The van der Waals surface area contributed by atoms with Crippen LogP contribution in [0, 0.1) is 6.92 Å². The Morgan fingerprint density at radius 2 is 1.86 bits per heavy atom. The first-order valence-electron chi connectivity index (χ1n) is 11.4. The summed E-state index contributed by atoms with van der Waals surface area (Å²) in [5.41, 5.74) is 0.362. The molecule has 0 spiro atoms. The lowest BCUT2D eigenvalue weighted by molar-refractivity contribution is -0.129. The Morgan fingerprint density at radius 3 is 2.50 bits per heavy atom. The van der Waals surface area contributed by atoms with Crippen LogP contribution < -0.4 is 16.0 Å². The van der Waals surface area contributed by atoms with E-state index in [0.717, 1.165) is 10.1 Å². The standard InChI is InChI=1S/C24H26N6O5S/c1-14-19-21(32)29(16-9-12-27(2)20(16)31)24(33)28(23(19)36-22(14)30-25-10-11-26-30)13-18(35-4)15-7-5-6-8-17(15)34-3/h5-8,10-11,16,18H,9,12-13H2,1-4H3/t16-,18+/m1/s1. The van der Waals surface area contributed by atoms with Gasteiger partial charge in [-0.15, -0.1) is 4.80 Å². The minimum absolute atomic E-state index is 0.106. The number of hydrogen-bond acceptors (Lipinski definition) is 8. The van der Waals surface area contributed by atoms with Crippen molar-refractivity contribution < 1.29 is 14.3 Å². The fourth-order valence-electron chi connectivity index (χ4n) is 4.74. The van der Waals surface area contributed by atoms with Crippen LogP contribution in [0.5, 0.6) is 5.75 Å². The summed E-state index contributed by atoms with van der Waals surface area (Å²) in [6.07, 6.45) is 2.92. The van der Waals surface area contributed by atoms with Crippen molar-refractivity contribution in [1.82, 2.24) is 29.0 Å². The van der Waals surface area contributed by atoms with Crippen molar-refractivity contribution in [3.05, 3.63) is 68.6 Å². The van der Waals surface area contributed by atoms with Gasteiger partial charge in [0.2, 0.25) is 5.91 Å². The maximum absolute atomic E-state index is 13.9. The largest absolute Gasteiger partial charge is 0.496 e. The average Bonchev–Trinajstić information content (AvgIpc) is 3.61. The minimum atomic E-state index is -0.858. The number of likely N-dealkylation sites (tertiary alicyclic amines) is 1. The fourth-order valence-corrected chi connectivity index (χ4v) is 5.96. The summed E-state index contributed by atoms with van der Waals surface area (Å²) in [5, 5.41) is 9.41. The molecule has 0 N–H and O–H groups in total. The lowest BCUT2D eigenvalue weighted by Gasteiger charge is -2.21. The monoisotopic (exact) mass is 510 g/mol. The Balaban J connectivity index is 1.77. The van der Waals surface area contributed by atoms with Gasteiger partial charge in [0.15, 0.2) is 0 Å². The Kier molecular flexibility index (Phi) is 6.22. The van der Waals surface area contributed by atoms with E-state index >= 15 is 0 Å². The van der Waals surface area contributed by atoms with E-state index in [-0.39, 0.29) is 12.5 Å². The summed E-state index contributed by atoms with van der Waals surface area (Å²) < 4.78 is 13.9. The van der Waals surface area contributed by atoms with E-state index in [9.17, 15) is 14.4 Å². The zero-order chi connectivity index (χ0) is 25.6. The average molecular weight is 511 g/mol. The van der Waals surface area contributed by atoms with Crippen molar-refractivity contribution in [2.75, 3.05) is 27.8 Å². The lowest BCUT2D eigenvalue weighted by Crippen LogP contribution is -2.44. The van der Waals surface area contributed by atoms with Gasteiger partial charge in [-0.3, -0.25) is 14.2 Å². The molecule has 2 atom stereocenters. The molecule has 1 aromatic carbocycles. The first kappa shape index (κ1) is 23.9. The maximum Gasteiger partial charge on any atom is 0.332 e. The molecule has 1 amide bonds. The third kappa shape index (κ3) is 3.73. The van der Waals surface area contributed by atoms with E-state index in [0.29, 0.717) is 39.5 Å². The summed E-state index contributed by atoms with van der Waals surface area (Å²) in [7, 11) is 4.80. The van der Waals surface area contributed by atoms with Crippen molar-refractivity contribution in [3.63, 3.8) is 0 Å². The van der Waals surface area contributed by atoms with Crippen LogP contribution >= 0.6 is 11.3 Å². The minimum Gasteiger partial charge on any atom is -0.496 e. The number of benzene rings is 1. The van der Waals surface area contributed by atoms with Gasteiger partial charge in [0.25, 0.3) is 5.56 Å². The molecule has 36 heavy (non-hydrogen) atoms. The van der Waals surface area contributed by atoms with E-state index in [4.69, 9.17) is 9.47 Å². The zero-order valence-corrected chi connectivity index (χ0v) is 21.2. The number of aryl methyl sites for hydroxylation is 1. The summed E-state index contributed by atoms with van der Waals surface area (Å²) in [6.45, 7) is 2.38. The Labute approximate surface area is 210 Å². The predicted molar refractivity (Wildman–Crippen MR) is 134 cm³/mol. The molecule has 188 valence electrons. The normalized spacial score (nSPS) is 16.7. The quantitative estimate of drug-likeness (QED) is 0.373. The van der Waals surface area contributed by atoms with E-state index in [1.165, 1.54) is 25.6 Å². The highest BCUT2D eigenvalue weighted by Gasteiger charge is 2.35. The Hall–Kier alpha value is -3.77. The van der Waals surface area contributed by atoms with Crippen LogP contribution in [-0.4, -0.2) is 62.7 Å². The van der Waals surface area contributed by atoms with E-state index < -0.39 is 23.4 Å². The molecule has 5 rings (SSSR count). The summed E-state index contributed by atoms with van der Waals surface area (Å²) in [5.74, 6) is 0.369. The number of para-hydroxylation sites is 1. The van der Waals surface area contributed by atoms with Crippen molar-refractivity contribution in [3.8, 4) is 10.8 Å². The highest BCUT2D eigenvalue weighted by molar-refractivity contribution is 7.21. The second kappa shape index (κ2) is 9.36. The molecule has 1 fully saturated rings. The lowest BCUT2D eigenvalue weighted by atomic mass is 10.1. The molecule has 0 saturated carbocycles. The third-order valence-corrected chi connectivity index (χ3v) is 7.93. The van der Waals surface area contributed by atoms with Gasteiger partial charge in [0, 0.05) is 31.8 Å². The van der Waals surface area contributed by atoms with Gasteiger partial charge in [-0.25, -0.2) is 9.36 Å². The molecule has 12 heteroatoms. The first-order chi connectivity index (χ1) is 17.4. The number of hydrogen-bond donors (Lipinski definition) is 0. The molecular formula is C24H26N6O5S. The number of amides is 1. The van der Waals surface area contributed by atoms with Gasteiger partial charge < -0.3 is 14.4 Å². The molecule has 4 heterocycles. The van der Waals surface area contributed by atoms with E-state index in [2.05, 4.69) is 10.2 Å². The van der Waals surface area contributed by atoms with Crippen molar-refractivity contribution >= 4 is 27.5 Å². The number of rotatable bonds is 7. The van der Waals surface area contributed by atoms with Crippen molar-refractivity contribution in [1.29, 1.82) is 0 Å². The van der Waals surface area contributed by atoms with Crippen LogP contribution in [0.15, 0.2) is 46.2 Å². The number of carbonyl (C=O) groups excluding carboxylic acids is 1. The smallest absolute Gasteiger partial charge is 0.332 e. The second-order valence-electron chi connectivity index (χ2n) is 8.63. The molecule has 0 unspecified atom stereocenters. The van der Waals surface area contributed by atoms with Crippen LogP contribution in [0.2, 0.25) is 0 Å². The first-order valence-corrected chi connectivity index (χ1v) is 12.2. The number of fused-ring (bicyclic) bond motifs is 1. The van der Waals surface area contributed by atoms with Crippen molar-refractivity contribution in [2.24, 2.45) is 0 Å². The molecular weight excluding hydrogens is 484 g/mol. The molecule has 4 aromatic rings. The number of thiophene rings is 1. The Bertz CT molecular complexity index is 1550. The molecule has 11 nitrogen and oxygen atoms in total.